The molecule has 0 bridgehead atoms. The fourth-order valence-electron chi connectivity index (χ4n) is 3.37. The van der Waals surface area contributed by atoms with E-state index in [1.54, 1.807) is 6.07 Å². The molecule has 126 valence electrons. The van der Waals surface area contributed by atoms with E-state index in [0.29, 0.717) is 5.92 Å². The van der Waals surface area contributed by atoms with Crippen LogP contribution in [-0.2, 0) is 6.54 Å². The molecular weight excluding hydrogens is 307 g/mol. The van der Waals surface area contributed by atoms with Gasteiger partial charge < -0.3 is 9.51 Å². The highest BCUT2D eigenvalue weighted by molar-refractivity contribution is 5.75. The van der Waals surface area contributed by atoms with Crippen LogP contribution in [0.15, 0.2) is 28.8 Å². The zero-order valence-electron chi connectivity index (χ0n) is 13.9. The van der Waals surface area contributed by atoms with Crippen LogP contribution in [0.2, 0.25) is 0 Å². The Morgan fingerprint density at radius 3 is 3.04 bits per heavy atom. The van der Waals surface area contributed by atoms with Crippen LogP contribution >= 0.6 is 0 Å². The quantitative estimate of drug-likeness (QED) is 0.781. The molecule has 5 nitrogen and oxygen atoms in total. The van der Waals surface area contributed by atoms with Gasteiger partial charge in [0.25, 0.3) is 0 Å². The largest absolute Gasteiger partial charge is 0.361 e. The van der Waals surface area contributed by atoms with Crippen molar-refractivity contribution in [2.75, 3.05) is 6.54 Å². The number of likely N-dealkylation sites (tertiary alicyclic amines) is 1. The highest BCUT2D eigenvalue weighted by Crippen LogP contribution is 2.33. The third-order valence-corrected chi connectivity index (χ3v) is 4.65. The van der Waals surface area contributed by atoms with E-state index in [4.69, 9.17) is 4.52 Å². The van der Waals surface area contributed by atoms with Crippen molar-refractivity contribution in [3.63, 3.8) is 0 Å². The summed E-state index contributed by atoms with van der Waals surface area (Å²) < 4.78 is 18.8. The molecule has 6 heteroatoms. The van der Waals surface area contributed by atoms with Crippen LogP contribution < -0.4 is 0 Å². The van der Waals surface area contributed by atoms with Gasteiger partial charge in [0.2, 0.25) is 0 Å². The highest BCUT2D eigenvalue weighted by Gasteiger charge is 2.29. The number of benzene rings is 1. The standard InChI is InChI=1S/C18H21FN4O/c1-11(2)17-9-13(22-24-17)10-23-7-3-4-16(23)18-20-14-6-5-12(19)8-15(14)21-18/h5-6,8-9,11,16H,3-4,7,10H2,1-2H3,(H,20,21). The number of fused-ring (bicyclic) bond motifs is 1. The van der Waals surface area contributed by atoms with E-state index in [-0.39, 0.29) is 11.9 Å². The minimum atomic E-state index is -0.246. The van der Waals surface area contributed by atoms with Crippen molar-refractivity contribution in [3.8, 4) is 0 Å². The van der Waals surface area contributed by atoms with Crippen LogP contribution in [0.25, 0.3) is 11.0 Å². The van der Waals surface area contributed by atoms with E-state index in [2.05, 4.69) is 33.9 Å². The number of imidazole rings is 1. The Balaban J connectivity index is 1.56. The average Bonchev–Trinajstić information content (AvgIpc) is 3.25. The van der Waals surface area contributed by atoms with E-state index >= 15 is 0 Å². The zero-order valence-corrected chi connectivity index (χ0v) is 13.9. The molecule has 1 aliphatic heterocycles. The van der Waals surface area contributed by atoms with Gasteiger partial charge in [-0.05, 0) is 37.6 Å². The third-order valence-electron chi connectivity index (χ3n) is 4.65. The molecule has 1 unspecified atom stereocenters. The SMILES string of the molecule is CC(C)c1cc(CN2CCCC2c2nc3ccc(F)cc3[nH]2)no1. The summed E-state index contributed by atoms with van der Waals surface area (Å²) in [5.41, 5.74) is 2.51. The summed E-state index contributed by atoms with van der Waals surface area (Å²) in [4.78, 5) is 10.3. The first kappa shape index (κ1) is 15.3. The molecule has 1 N–H and O–H groups in total. The molecule has 0 radical (unpaired) electrons. The first-order valence-corrected chi connectivity index (χ1v) is 8.45. The van der Waals surface area contributed by atoms with Crippen molar-refractivity contribution in [2.24, 2.45) is 0 Å². The lowest BCUT2D eigenvalue weighted by Crippen LogP contribution is -2.23. The Bertz CT molecular complexity index is 854. The Morgan fingerprint density at radius 1 is 1.38 bits per heavy atom. The Hall–Kier alpha value is -2.21. The minimum Gasteiger partial charge on any atom is -0.361 e. The topological polar surface area (TPSA) is 58.0 Å². The van der Waals surface area contributed by atoms with E-state index < -0.39 is 0 Å². The second-order valence-corrected chi connectivity index (χ2v) is 6.79. The van der Waals surface area contributed by atoms with Gasteiger partial charge in [-0.25, -0.2) is 9.37 Å². The Morgan fingerprint density at radius 2 is 2.25 bits per heavy atom. The summed E-state index contributed by atoms with van der Waals surface area (Å²) in [5, 5.41) is 4.19. The van der Waals surface area contributed by atoms with Gasteiger partial charge in [-0.2, -0.15) is 0 Å². The molecule has 24 heavy (non-hydrogen) atoms. The lowest BCUT2D eigenvalue weighted by atomic mass is 10.1. The van der Waals surface area contributed by atoms with Crippen molar-refractivity contribution < 1.29 is 8.91 Å². The van der Waals surface area contributed by atoms with E-state index in [0.717, 1.165) is 54.2 Å². The van der Waals surface area contributed by atoms with Crippen LogP contribution in [-0.4, -0.2) is 26.6 Å². The Labute approximate surface area is 139 Å². The lowest BCUT2D eigenvalue weighted by Gasteiger charge is -2.21. The molecule has 0 amide bonds. The summed E-state index contributed by atoms with van der Waals surface area (Å²) in [7, 11) is 0. The molecule has 1 aromatic carbocycles. The maximum Gasteiger partial charge on any atom is 0.139 e. The van der Waals surface area contributed by atoms with Gasteiger partial charge in [0.1, 0.15) is 17.4 Å². The predicted octanol–water partition coefficient (Wildman–Crippen LogP) is 4.15. The van der Waals surface area contributed by atoms with Gasteiger partial charge in [-0.15, -0.1) is 0 Å². The molecule has 2 aromatic heterocycles. The second kappa shape index (κ2) is 6.02. The minimum absolute atomic E-state index is 0.208. The molecule has 4 rings (SSSR count). The van der Waals surface area contributed by atoms with Crippen LogP contribution in [0.1, 0.15) is 55.9 Å². The normalized spacial score (nSPS) is 18.9. The van der Waals surface area contributed by atoms with Gasteiger partial charge in [-0.3, -0.25) is 4.90 Å². The van der Waals surface area contributed by atoms with Gasteiger partial charge in [0.05, 0.1) is 22.8 Å². The molecule has 0 saturated carbocycles. The van der Waals surface area contributed by atoms with Gasteiger partial charge in [0, 0.05) is 18.5 Å². The van der Waals surface area contributed by atoms with Crippen molar-refractivity contribution in [1.82, 2.24) is 20.0 Å². The number of H-pyrrole nitrogens is 1. The molecule has 3 aromatic rings. The van der Waals surface area contributed by atoms with E-state index in [1.807, 2.05) is 6.07 Å². The van der Waals surface area contributed by atoms with Crippen LogP contribution in [0.4, 0.5) is 4.39 Å². The summed E-state index contributed by atoms with van der Waals surface area (Å²) in [6.45, 7) is 5.93. The summed E-state index contributed by atoms with van der Waals surface area (Å²) in [5.74, 6) is 1.91. The van der Waals surface area contributed by atoms with Crippen LogP contribution in [0, 0.1) is 5.82 Å². The molecular formula is C18H21FN4O. The van der Waals surface area contributed by atoms with Crippen molar-refractivity contribution in [3.05, 3.63) is 47.4 Å². The molecule has 1 fully saturated rings. The number of nitrogens with zero attached hydrogens (tertiary/aromatic N) is 3. The Kier molecular flexibility index (Phi) is 3.84. The number of aromatic amines is 1. The highest BCUT2D eigenvalue weighted by atomic mass is 19.1. The van der Waals surface area contributed by atoms with Gasteiger partial charge in [-0.1, -0.05) is 19.0 Å². The summed E-state index contributed by atoms with van der Waals surface area (Å²) in [6.07, 6.45) is 2.15. The smallest absolute Gasteiger partial charge is 0.139 e. The van der Waals surface area contributed by atoms with Crippen LogP contribution in [0.5, 0.6) is 0 Å². The maximum absolute atomic E-state index is 13.4. The molecule has 1 atom stereocenters. The summed E-state index contributed by atoms with van der Waals surface area (Å²) >= 11 is 0. The van der Waals surface area contributed by atoms with Gasteiger partial charge >= 0.3 is 0 Å². The van der Waals surface area contributed by atoms with E-state index in [9.17, 15) is 4.39 Å². The number of rotatable bonds is 4. The number of nitrogens with one attached hydrogen (secondary N) is 1. The maximum atomic E-state index is 13.4. The van der Waals surface area contributed by atoms with Crippen molar-refractivity contribution in [2.45, 2.75) is 45.2 Å². The number of halogens is 1. The van der Waals surface area contributed by atoms with Crippen molar-refractivity contribution >= 4 is 11.0 Å². The van der Waals surface area contributed by atoms with E-state index in [1.165, 1.54) is 12.1 Å². The first-order chi connectivity index (χ1) is 11.6. The third kappa shape index (κ3) is 2.82. The summed E-state index contributed by atoms with van der Waals surface area (Å²) in [6, 6.07) is 6.91. The van der Waals surface area contributed by atoms with Crippen molar-refractivity contribution in [1.29, 1.82) is 0 Å². The first-order valence-electron chi connectivity index (χ1n) is 8.45. The zero-order chi connectivity index (χ0) is 16.7. The second-order valence-electron chi connectivity index (χ2n) is 6.79. The fraction of sp³-hybridized carbons (Fsp3) is 0.444. The number of hydrogen-bond acceptors (Lipinski definition) is 4. The predicted molar refractivity (Wildman–Crippen MR) is 89.0 cm³/mol. The lowest BCUT2D eigenvalue weighted by molar-refractivity contribution is 0.233. The number of aromatic nitrogens is 3. The molecule has 0 spiro atoms. The van der Waals surface area contributed by atoms with Crippen LogP contribution in [0.3, 0.4) is 0 Å². The molecule has 3 heterocycles. The molecule has 0 aliphatic carbocycles. The average molecular weight is 328 g/mol. The molecule has 1 saturated heterocycles. The number of hydrogen-bond donors (Lipinski definition) is 1. The fourth-order valence-corrected chi connectivity index (χ4v) is 3.37. The monoisotopic (exact) mass is 328 g/mol. The van der Waals surface area contributed by atoms with Gasteiger partial charge in [0.15, 0.2) is 0 Å². The molecule has 1 aliphatic rings.